The first kappa shape index (κ1) is 7.67. The quantitative estimate of drug-likeness (QED) is 0.391. The molecule has 0 saturated heterocycles. The minimum absolute atomic E-state index is 1.02. The fourth-order valence-corrected chi connectivity index (χ4v) is 0.470. The lowest BCUT2D eigenvalue weighted by molar-refractivity contribution is 0.808. The smallest absolute Gasteiger partial charge is 0.0385 e. The zero-order valence-electron chi connectivity index (χ0n) is 5.85. The van der Waals surface area contributed by atoms with Gasteiger partial charge in [0.1, 0.15) is 0 Å². The molecule has 8 heavy (non-hydrogen) atoms. The molecule has 0 unspecified atom stereocenters. The molecule has 0 radical (unpaired) electrons. The summed E-state index contributed by atoms with van der Waals surface area (Å²) in [4.78, 5) is 4.15. The van der Waals surface area contributed by atoms with Crippen molar-refractivity contribution in [3.63, 3.8) is 0 Å². The fraction of sp³-hybridized carbons (Fsp3) is 0.857. The summed E-state index contributed by atoms with van der Waals surface area (Å²) < 4.78 is 0. The Morgan fingerprint density at radius 2 is 2.12 bits per heavy atom. The van der Waals surface area contributed by atoms with Crippen LogP contribution in [0.1, 0.15) is 33.1 Å². The number of hydrogen-bond donors (Lipinski definition) is 0. The molecule has 0 aromatic heterocycles. The topological polar surface area (TPSA) is 12.4 Å². The van der Waals surface area contributed by atoms with E-state index < -0.39 is 0 Å². The number of hydrogen-bond acceptors (Lipinski definition) is 1. The molecule has 0 aromatic rings. The molecule has 0 fully saturated rings. The Hall–Kier alpha value is -0.330. The van der Waals surface area contributed by atoms with Gasteiger partial charge in [-0.05, 0) is 19.1 Å². The number of nitrogens with zero attached hydrogens (tertiary/aromatic N) is 1. The minimum atomic E-state index is 1.02. The number of unbranched alkanes of at least 4 members (excludes halogenated alkanes) is 1. The van der Waals surface area contributed by atoms with E-state index in [0.717, 1.165) is 13.0 Å². The Balaban J connectivity index is 2.80. The Bertz CT molecular complexity index is 57.4. The lowest BCUT2D eigenvalue weighted by Crippen LogP contribution is -1.78. The van der Waals surface area contributed by atoms with Gasteiger partial charge in [-0.2, -0.15) is 0 Å². The van der Waals surface area contributed by atoms with Crippen molar-refractivity contribution in [3.05, 3.63) is 0 Å². The van der Waals surface area contributed by atoms with Crippen molar-refractivity contribution in [1.29, 1.82) is 0 Å². The summed E-state index contributed by atoms with van der Waals surface area (Å²) in [5, 5.41) is 0. The molecule has 48 valence electrons. The summed E-state index contributed by atoms with van der Waals surface area (Å²) in [6.45, 7) is 5.31. The van der Waals surface area contributed by atoms with Gasteiger partial charge in [-0.1, -0.05) is 20.3 Å². The highest BCUT2D eigenvalue weighted by molar-refractivity contribution is 5.56. The van der Waals surface area contributed by atoms with E-state index in [-0.39, 0.29) is 0 Å². The van der Waals surface area contributed by atoms with Gasteiger partial charge in [-0.3, -0.25) is 4.99 Å². The van der Waals surface area contributed by atoms with Crippen molar-refractivity contribution in [2.45, 2.75) is 33.1 Å². The van der Waals surface area contributed by atoms with Crippen LogP contribution >= 0.6 is 0 Å². The summed E-state index contributed by atoms with van der Waals surface area (Å²) in [6.07, 6.45) is 5.54. The highest BCUT2D eigenvalue weighted by Crippen LogP contribution is 1.85. The van der Waals surface area contributed by atoms with E-state index in [9.17, 15) is 0 Å². The van der Waals surface area contributed by atoms with Gasteiger partial charge in [0, 0.05) is 6.54 Å². The molecule has 0 heterocycles. The zero-order chi connectivity index (χ0) is 6.24. The molecule has 0 aliphatic rings. The summed E-state index contributed by atoms with van der Waals surface area (Å²) in [7, 11) is 0. The summed E-state index contributed by atoms with van der Waals surface area (Å²) in [5.41, 5.74) is 0. The third-order valence-electron chi connectivity index (χ3n) is 0.952. The largest absolute Gasteiger partial charge is 0.298 e. The van der Waals surface area contributed by atoms with E-state index in [4.69, 9.17) is 0 Å². The first-order chi connectivity index (χ1) is 3.91. The van der Waals surface area contributed by atoms with Crippen LogP contribution in [0.15, 0.2) is 4.99 Å². The lowest BCUT2D eigenvalue weighted by atomic mass is 10.3. The van der Waals surface area contributed by atoms with Crippen LogP contribution in [0.4, 0.5) is 0 Å². The predicted octanol–water partition coefficient (Wildman–Crippen LogP) is 2.27. The van der Waals surface area contributed by atoms with Crippen LogP contribution in [-0.2, 0) is 0 Å². The van der Waals surface area contributed by atoms with E-state index in [2.05, 4.69) is 18.8 Å². The monoisotopic (exact) mass is 113 g/mol. The van der Waals surface area contributed by atoms with Crippen LogP contribution in [0.25, 0.3) is 0 Å². The SMILES string of the molecule is CC/C=N\CCCC. The Labute approximate surface area is 51.8 Å². The van der Waals surface area contributed by atoms with Gasteiger partial charge in [0.2, 0.25) is 0 Å². The highest BCUT2D eigenvalue weighted by Gasteiger charge is 1.74. The second-order valence-electron chi connectivity index (χ2n) is 1.85. The van der Waals surface area contributed by atoms with Crippen LogP contribution in [0.5, 0.6) is 0 Å². The van der Waals surface area contributed by atoms with Gasteiger partial charge in [0.05, 0.1) is 0 Å². The first-order valence-electron chi connectivity index (χ1n) is 3.40. The molecule has 1 heteroatoms. The maximum atomic E-state index is 4.15. The first-order valence-corrected chi connectivity index (χ1v) is 3.40. The van der Waals surface area contributed by atoms with Crippen molar-refractivity contribution in [2.24, 2.45) is 4.99 Å². The third kappa shape index (κ3) is 5.67. The summed E-state index contributed by atoms with van der Waals surface area (Å²) >= 11 is 0. The van der Waals surface area contributed by atoms with Gasteiger partial charge >= 0.3 is 0 Å². The zero-order valence-corrected chi connectivity index (χ0v) is 5.85. The average Bonchev–Trinajstić information content (AvgIpc) is 1.81. The summed E-state index contributed by atoms with van der Waals surface area (Å²) in [5.74, 6) is 0. The molecule has 0 N–H and O–H groups in total. The Morgan fingerprint density at radius 3 is 2.62 bits per heavy atom. The maximum absolute atomic E-state index is 4.15. The second-order valence-corrected chi connectivity index (χ2v) is 1.85. The van der Waals surface area contributed by atoms with Gasteiger partial charge in [-0.15, -0.1) is 0 Å². The predicted molar refractivity (Wildman–Crippen MR) is 38.6 cm³/mol. The van der Waals surface area contributed by atoms with Crippen LogP contribution in [0.3, 0.4) is 0 Å². The Morgan fingerprint density at radius 1 is 1.38 bits per heavy atom. The third-order valence-corrected chi connectivity index (χ3v) is 0.952. The number of aliphatic imine (C=N–C) groups is 1. The van der Waals surface area contributed by atoms with Crippen LogP contribution in [0, 0.1) is 0 Å². The Kier molecular flexibility index (Phi) is 6.39. The molecule has 0 aliphatic carbocycles. The molecule has 0 rings (SSSR count). The molecule has 0 atom stereocenters. The highest BCUT2D eigenvalue weighted by atomic mass is 14.7. The van der Waals surface area contributed by atoms with Crippen molar-refractivity contribution >= 4 is 6.21 Å². The van der Waals surface area contributed by atoms with Crippen molar-refractivity contribution < 1.29 is 0 Å². The van der Waals surface area contributed by atoms with E-state index in [1.165, 1.54) is 12.8 Å². The van der Waals surface area contributed by atoms with Crippen molar-refractivity contribution in [1.82, 2.24) is 0 Å². The summed E-state index contributed by atoms with van der Waals surface area (Å²) in [6, 6.07) is 0. The molecular weight excluding hydrogens is 98.1 g/mol. The molecule has 0 bridgehead atoms. The molecular formula is C7H15N. The fourth-order valence-electron chi connectivity index (χ4n) is 0.470. The van der Waals surface area contributed by atoms with E-state index in [0.29, 0.717) is 0 Å². The molecule has 0 aromatic carbocycles. The molecule has 1 nitrogen and oxygen atoms in total. The van der Waals surface area contributed by atoms with Crippen LogP contribution in [-0.4, -0.2) is 12.8 Å². The molecule has 0 aliphatic heterocycles. The van der Waals surface area contributed by atoms with E-state index >= 15 is 0 Å². The lowest BCUT2D eigenvalue weighted by Gasteiger charge is -1.86. The second kappa shape index (κ2) is 6.67. The van der Waals surface area contributed by atoms with Gasteiger partial charge in [0.25, 0.3) is 0 Å². The van der Waals surface area contributed by atoms with Crippen molar-refractivity contribution in [2.75, 3.05) is 6.54 Å². The standard InChI is InChI=1S/C7H15N/c1-3-5-7-8-6-4-2/h6H,3-5,7H2,1-2H3/b8-6-. The van der Waals surface area contributed by atoms with Crippen LogP contribution < -0.4 is 0 Å². The van der Waals surface area contributed by atoms with E-state index in [1.807, 2.05) is 6.21 Å². The average molecular weight is 113 g/mol. The molecule has 0 saturated carbocycles. The van der Waals surface area contributed by atoms with E-state index in [1.54, 1.807) is 0 Å². The molecule has 0 spiro atoms. The van der Waals surface area contributed by atoms with Gasteiger partial charge in [-0.25, -0.2) is 0 Å². The minimum Gasteiger partial charge on any atom is -0.298 e. The van der Waals surface area contributed by atoms with Gasteiger partial charge in [0.15, 0.2) is 0 Å². The van der Waals surface area contributed by atoms with Gasteiger partial charge < -0.3 is 0 Å². The van der Waals surface area contributed by atoms with Crippen molar-refractivity contribution in [3.8, 4) is 0 Å². The normalized spacial score (nSPS) is 10.8. The van der Waals surface area contributed by atoms with Crippen LogP contribution in [0.2, 0.25) is 0 Å². The molecule has 0 amide bonds. The number of rotatable bonds is 4. The maximum Gasteiger partial charge on any atom is 0.0385 e.